The van der Waals surface area contributed by atoms with Crippen molar-refractivity contribution in [2.24, 2.45) is 5.16 Å². The molecule has 21 heavy (non-hydrogen) atoms. The fourth-order valence-corrected chi connectivity index (χ4v) is 2.63. The lowest BCUT2D eigenvalue weighted by Crippen LogP contribution is -2.35. The molecule has 1 aromatic carbocycles. The number of unbranched alkanes of at least 4 members (excludes halogenated alkanes) is 3. The maximum atomic E-state index is 12.0. The van der Waals surface area contributed by atoms with Gasteiger partial charge in [-0.25, -0.2) is 0 Å². The van der Waals surface area contributed by atoms with Crippen molar-refractivity contribution in [1.29, 1.82) is 0 Å². The van der Waals surface area contributed by atoms with Crippen LogP contribution in [-0.4, -0.2) is 24.3 Å². The lowest BCUT2D eigenvalue weighted by atomic mass is 10.0. The minimum absolute atomic E-state index is 0.0692. The first kappa shape index (κ1) is 16.0. The second-order valence-corrected chi connectivity index (χ2v) is 6.11. The minimum atomic E-state index is -0.495. The van der Waals surface area contributed by atoms with Crippen LogP contribution in [0.1, 0.15) is 44.6 Å². The number of halogens is 1. The molecule has 0 bridgehead atoms. The summed E-state index contributed by atoms with van der Waals surface area (Å²) in [6, 6.07) is 7.86. The smallest absolute Gasteiger partial charge is 0.264 e. The minimum Gasteiger partial charge on any atom is -0.382 e. The lowest BCUT2D eigenvalue weighted by molar-refractivity contribution is -0.131. The van der Waals surface area contributed by atoms with Crippen LogP contribution in [0.25, 0.3) is 0 Å². The van der Waals surface area contributed by atoms with Crippen molar-refractivity contribution in [2.75, 3.05) is 6.54 Å². The molecule has 1 unspecified atom stereocenters. The van der Waals surface area contributed by atoms with E-state index in [1.54, 1.807) is 0 Å². The summed E-state index contributed by atoms with van der Waals surface area (Å²) in [7, 11) is 0. The second kappa shape index (κ2) is 8.17. The normalized spacial score (nSPS) is 17.2. The zero-order valence-corrected chi connectivity index (χ0v) is 13.9. The van der Waals surface area contributed by atoms with Gasteiger partial charge in [-0.15, -0.1) is 0 Å². The predicted octanol–water partition coefficient (Wildman–Crippen LogP) is 3.64. The Hall–Kier alpha value is -1.36. The van der Waals surface area contributed by atoms with Crippen molar-refractivity contribution < 1.29 is 9.63 Å². The number of hydrogen-bond donors (Lipinski definition) is 1. The van der Waals surface area contributed by atoms with Gasteiger partial charge in [0.25, 0.3) is 5.91 Å². The fraction of sp³-hybridized carbons (Fsp3) is 0.500. The monoisotopic (exact) mass is 352 g/mol. The van der Waals surface area contributed by atoms with Crippen molar-refractivity contribution in [3.63, 3.8) is 0 Å². The van der Waals surface area contributed by atoms with Crippen LogP contribution < -0.4 is 5.32 Å². The van der Waals surface area contributed by atoms with Gasteiger partial charge in [0.05, 0.1) is 5.71 Å². The van der Waals surface area contributed by atoms with Gasteiger partial charge < -0.3 is 10.2 Å². The Morgan fingerprint density at radius 1 is 1.43 bits per heavy atom. The van der Waals surface area contributed by atoms with Gasteiger partial charge in [-0.1, -0.05) is 59.4 Å². The molecule has 114 valence electrons. The van der Waals surface area contributed by atoms with Crippen molar-refractivity contribution in [3.05, 3.63) is 34.3 Å². The molecule has 0 saturated carbocycles. The number of nitrogens with zero attached hydrogens (tertiary/aromatic N) is 1. The molecular weight excluding hydrogens is 332 g/mol. The van der Waals surface area contributed by atoms with Crippen LogP contribution in [0.4, 0.5) is 0 Å². The highest BCUT2D eigenvalue weighted by atomic mass is 79.9. The van der Waals surface area contributed by atoms with E-state index in [-0.39, 0.29) is 5.91 Å². The van der Waals surface area contributed by atoms with Crippen LogP contribution in [-0.2, 0) is 9.63 Å². The van der Waals surface area contributed by atoms with Crippen molar-refractivity contribution in [1.82, 2.24) is 5.32 Å². The third-order valence-corrected chi connectivity index (χ3v) is 3.94. The third kappa shape index (κ3) is 4.84. The average Bonchev–Trinajstić information content (AvgIpc) is 2.97. The Bertz CT molecular complexity index is 517. The van der Waals surface area contributed by atoms with E-state index in [1.165, 1.54) is 12.8 Å². The first-order valence-corrected chi connectivity index (χ1v) is 8.26. The Morgan fingerprint density at radius 3 is 3.05 bits per heavy atom. The summed E-state index contributed by atoms with van der Waals surface area (Å²) in [4.78, 5) is 17.3. The van der Waals surface area contributed by atoms with Crippen LogP contribution in [0.2, 0.25) is 0 Å². The zero-order valence-electron chi connectivity index (χ0n) is 12.3. The predicted molar refractivity (Wildman–Crippen MR) is 87.3 cm³/mol. The Labute approximate surface area is 134 Å². The maximum absolute atomic E-state index is 12.0. The molecule has 1 atom stereocenters. The molecule has 0 aliphatic carbocycles. The number of amides is 1. The molecule has 0 radical (unpaired) electrons. The summed E-state index contributed by atoms with van der Waals surface area (Å²) < 4.78 is 0.992. The average molecular weight is 353 g/mol. The summed E-state index contributed by atoms with van der Waals surface area (Å²) in [5.41, 5.74) is 1.81. The van der Waals surface area contributed by atoms with E-state index in [0.717, 1.165) is 28.6 Å². The second-order valence-electron chi connectivity index (χ2n) is 5.20. The standard InChI is InChI=1S/C16H21BrN2O2/c1-2-3-4-5-9-18-16(20)15-11-14(19-21-15)12-7-6-8-13(17)10-12/h6-8,10,15H,2-5,9,11H2,1H3,(H,18,20). The molecule has 4 nitrogen and oxygen atoms in total. The maximum Gasteiger partial charge on any atom is 0.264 e. The highest BCUT2D eigenvalue weighted by Gasteiger charge is 2.28. The summed E-state index contributed by atoms with van der Waals surface area (Å²) in [5.74, 6) is -0.0692. The molecule has 1 aliphatic heterocycles. The van der Waals surface area contributed by atoms with Gasteiger partial charge in [-0.3, -0.25) is 4.79 Å². The van der Waals surface area contributed by atoms with Crippen LogP contribution >= 0.6 is 15.9 Å². The number of nitrogens with one attached hydrogen (secondary N) is 1. The van der Waals surface area contributed by atoms with Gasteiger partial charge in [0.15, 0.2) is 0 Å². The Balaban J connectivity index is 1.77. The van der Waals surface area contributed by atoms with E-state index in [9.17, 15) is 4.79 Å². The number of rotatable bonds is 7. The van der Waals surface area contributed by atoms with Gasteiger partial charge in [0.1, 0.15) is 0 Å². The molecular formula is C16H21BrN2O2. The topological polar surface area (TPSA) is 50.7 Å². The van der Waals surface area contributed by atoms with Crippen molar-refractivity contribution in [2.45, 2.75) is 45.1 Å². The summed E-state index contributed by atoms with van der Waals surface area (Å²) in [5, 5.41) is 6.96. The van der Waals surface area contributed by atoms with Crippen LogP contribution in [0.15, 0.2) is 33.9 Å². The molecule has 1 aromatic rings. The largest absolute Gasteiger partial charge is 0.382 e. The van der Waals surface area contributed by atoms with Gasteiger partial charge in [0, 0.05) is 23.0 Å². The molecule has 1 amide bonds. The number of hydrogen-bond acceptors (Lipinski definition) is 3. The Kier molecular flexibility index (Phi) is 6.23. The number of carbonyl (C=O) groups is 1. The summed E-state index contributed by atoms with van der Waals surface area (Å²) >= 11 is 3.43. The quantitative estimate of drug-likeness (QED) is 0.761. The molecule has 5 heteroatoms. The molecule has 2 rings (SSSR count). The van der Waals surface area contributed by atoms with Crippen molar-refractivity contribution >= 4 is 27.5 Å². The zero-order chi connectivity index (χ0) is 15.1. The van der Waals surface area contributed by atoms with Gasteiger partial charge >= 0.3 is 0 Å². The van der Waals surface area contributed by atoms with Crippen LogP contribution in [0, 0.1) is 0 Å². The van der Waals surface area contributed by atoms with Gasteiger partial charge in [-0.2, -0.15) is 0 Å². The van der Waals surface area contributed by atoms with E-state index < -0.39 is 6.10 Å². The molecule has 0 aromatic heterocycles. The van der Waals surface area contributed by atoms with Crippen molar-refractivity contribution in [3.8, 4) is 0 Å². The van der Waals surface area contributed by atoms with E-state index in [1.807, 2.05) is 24.3 Å². The van der Waals surface area contributed by atoms with E-state index >= 15 is 0 Å². The summed E-state index contributed by atoms with van der Waals surface area (Å²) in [6.45, 7) is 2.89. The molecule has 1 N–H and O–H groups in total. The molecule has 1 heterocycles. The summed E-state index contributed by atoms with van der Waals surface area (Å²) in [6.07, 6.45) is 4.62. The first-order chi connectivity index (χ1) is 10.2. The highest BCUT2D eigenvalue weighted by Crippen LogP contribution is 2.19. The van der Waals surface area contributed by atoms with Gasteiger partial charge in [0.2, 0.25) is 6.10 Å². The first-order valence-electron chi connectivity index (χ1n) is 7.47. The van der Waals surface area contributed by atoms with E-state index in [4.69, 9.17) is 4.84 Å². The van der Waals surface area contributed by atoms with E-state index in [0.29, 0.717) is 13.0 Å². The third-order valence-electron chi connectivity index (χ3n) is 3.45. The van der Waals surface area contributed by atoms with Crippen LogP contribution in [0.3, 0.4) is 0 Å². The molecule has 0 saturated heterocycles. The van der Waals surface area contributed by atoms with Gasteiger partial charge in [-0.05, 0) is 18.6 Å². The Morgan fingerprint density at radius 2 is 2.29 bits per heavy atom. The fourth-order valence-electron chi connectivity index (χ4n) is 2.23. The van der Waals surface area contributed by atoms with Crippen LogP contribution in [0.5, 0.6) is 0 Å². The molecule has 0 spiro atoms. The number of carbonyl (C=O) groups excluding carboxylic acids is 1. The number of oxime groups is 1. The number of benzene rings is 1. The highest BCUT2D eigenvalue weighted by molar-refractivity contribution is 9.10. The lowest BCUT2D eigenvalue weighted by Gasteiger charge is -2.09. The molecule has 0 fully saturated rings. The SMILES string of the molecule is CCCCCCNC(=O)C1CC(c2cccc(Br)c2)=NO1. The molecule has 1 aliphatic rings. The van der Waals surface area contributed by atoms with E-state index in [2.05, 4.69) is 33.3 Å².